The van der Waals surface area contributed by atoms with Gasteiger partial charge < -0.3 is 10.4 Å². The number of rotatable bonds is 1. The fourth-order valence-corrected chi connectivity index (χ4v) is 2.68. The molecule has 0 bridgehead atoms. The van der Waals surface area contributed by atoms with Crippen molar-refractivity contribution in [2.24, 2.45) is 0 Å². The number of allylic oxidation sites excluding steroid dienone is 4. The second kappa shape index (κ2) is 6.79. The zero-order valence-corrected chi connectivity index (χ0v) is 12.6. The number of nitrogens with one attached hydrogen (secondary N) is 1. The Morgan fingerprint density at radius 3 is 2.30 bits per heavy atom. The third-order valence-electron chi connectivity index (χ3n) is 3.76. The van der Waals surface area contributed by atoms with Crippen LogP contribution in [-0.2, 0) is 6.42 Å². The van der Waals surface area contributed by atoms with E-state index in [-0.39, 0.29) is 0 Å². The van der Waals surface area contributed by atoms with Crippen molar-refractivity contribution in [1.29, 1.82) is 0 Å². The number of carbonyl (C=O) groups is 1. The molecule has 2 aromatic rings. The molecule has 0 aromatic heterocycles. The fourth-order valence-electron chi connectivity index (χ4n) is 2.68. The monoisotopic (exact) mass is 303 g/mol. The third-order valence-corrected chi connectivity index (χ3v) is 3.76. The first kappa shape index (κ1) is 14.9. The summed E-state index contributed by atoms with van der Waals surface area (Å²) >= 11 is 0. The van der Waals surface area contributed by atoms with Gasteiger partial charge >= 0.3 is 5.97 Å². The first-order chi connectivity index (χ1) is 11.3. The number of fused-ring (bicyclic) bond motifs is 3. The molecule has 1 heterocycles. The highest BCUT2D eigenvalue weighted by Gasteiger charge is 2.18. The van der Waals surface area contributed by atoms with Gasteiger partial charge in [-0.3, -0.25) is 0 Å². The summed E-state index contributed by atoms with van der Waals surface area (Å²) in [5.41, 5.74) is 5.16. The van der Waals surface area contributed by atoms with Crippen molar-refractivity contribution >= 4 is 5.97 Å². The summed E-state index contributed by atoms with van der Waals surface area (Å²) in [6, 6.07) is 13.6. The Kier molecular flexibility index (Phi) is 4.39. The Hall–Kier alpha value is -3.07. The quantitative estimate of drug-likeness (QED) is 0.710. The van der Waals surface area contributed by atoms with E-state index >= 15 is 0 Å². The van der Waals surface area contributed by atoms with E-state index in [1.54, 1.807) is 12.1 Å². The Bertz CT molecular complexity index is 802. The molecule has 0 unspecified atom stereocenters. The van der Waals surface area contributed by atoms with Gasteiger partial charge in [-0.05, 0) is 53.0 Å². The fraction of sp³-hybridized carbons (Fsp3) is 0.0500. The van der Waals surface area contributed by atoms with Crippen LogP contribution < -0.4 is 5.32 Å². The van der Waals surface area contributed by atoms with Gasteiger partial charge in [-0.15, -0.1) is 0 Å². The molecule has 2 aliphatic rings. The van der Waals surface area contributed by atoms with Gasteiger partial charge in [0, 0.05) is 12.4 Å². The summed E-state index contributed by atoms with van der Waals surface area (Å²) in [5.74, 6) is -0.862. The van der Waals surface area contributed by atoms with Gasteiger partial charge in [-0.1, -0.05) is 42.5 Å². The molecular weight excluding hydrogens is 286 g/mol. The van der Waals surface area contributed by atoms with E-state index in [1.807, 2.05) is 54.9 Å². The van der Waals surface area contributed by atoms with Crippen molar-refractivity contribution in [2.75, 3.05) is 0 Å². The standard InChI is InChI=1S/C14H10O2.C6H7N/c15-14(16)10-5-6-13-11(8-10)7-9-3-1-2-4-12(9)13;1-2-4-6-7-5-3-1/h1-6,8H,7H2,(H,15,16);1-7H. The summed E-state index contributed by atoms with van der Waals surface area (Å²) in [6.07, 6.45) is 12.4. The second-order valence-corrected chi connectivity index (χ2v) is 5.28. The number of benzene rings is 2. The molecule has 23 heavy (non-hydrogen) atoms. The molecule has 2 aromatic carbocycles. The topological polar surface area (TPSA) is 49.3 Å². The molecule has 2 N–H and O–H groups in total. The summed E-state index contributed by atoms with van der Waals surface area (Å²) in [4.78, 5) is 10.9. The minimum atomic E-state index is -0.862. The first-order valence-electron chi connectivity index (χ1n) is 7.44. The van der Waals surface area contributed by atoms with Crippen LogP contribution in [0.25, 0.3) is 11.1 Å². The second-order valence-electron chi connectivity index (χ2n) is 5.28. The molecule has 0 spiro atoms. The van der Waals surface area contributed by atoms with E-state index in [4.69, 9.17) is 5.11 Å². The number of hydrogen-bond donors (Lipinski definition) is 2. The normalized spacial score (nSPS) is 13.2. The van der Waals surface area contributed by atoms with Gasteiger partial charge in [0.05, 0.1) is 5.56 Å². The van der Waals surface area contributed by atoms with Crippen molar-refractivity contribution in [2.45, 2.75) is 6.42 Å². The summed E-state index contributed by atoms with van der Waals surface area (Å²) in [6.45, 7) is 0. The average Bonchev–Trinajstić information content (AvgIpc) is 2.74. The van der Waals surface area contributed by atoms with Crippen molar-refractivity contribution in [3.8, 4) is 11.1 Å². The molecule has 1 aliphatic heterocycles. The largest absolute Gasteiger partial charge is 0.478 e. The predicted octanol–water partition coefficient (Wildman–Crippen LogP) is 4.13. The number of aromatic carboxylic acids is 1. The van der Waals surface area contributed by atoms with Crippen LogP contribution >= 0.6 is 0 Å². The van der Waals surface area contributed by atoms with Gasteiger partial charge in [0.1, 0.15) is 0 Å². The molecule has 0 fully saturated rings. The minimum Gasteiger partial charge on any atom is -0.478 e. The highest BCUT2D eigenvalue weighted by molar-refractivity contribution is 5.90. The van der Waals surface area contributed by atoms with E-state index in [1.165, 1.54) is 16.7 Å². The van der Waals surface area contributed by atoms with Crippen LogP contribution in [0.5, 0.6) is 0 Å². The van der Waals surface area contributed by atoms with Crippen molar-refractivity contribution in [1.82, 2.24) is 5.32 Å². The molecule has 0 atom stereocenters. The molecule has 114 valence electrons. The average molecular weight is 303 g/mol. The van der Waals surface area contributed by atoms with E-state index in [2.05, 4.69) is 17.4 Å². The first-order valence-corrected chi connectivity index (χ1v) is 7.44. The van der Waals surface area contributed by atoms with E-state index < -0.39 is 5.97 Å². The zero-order valence-electron chi connectivity index (χ0n) is 12.6. The molecule has 4 rings (SSSR count). The Balaban J connectivity index is 0.000000188. The SMILES string of the molecule is C1=CC=CNC=C1.O=C(O)c1ccc2c(c1)Cc1ccccc1-2. The zero-order chi connectivity index (χ0) is 16.1. The smallest absolute Gasteiger partial charge is 0.335 e. The van der Waals surface area contributed by atoms with Crippen LogP contribution in [0.15, 0.2) is 79.2 Å². The predicted molar refractivity (Wildman–Crippen MR) is 92.2 cm³/mol. The highest BCUT2D eigenvalue weighted by atomic mass is 16.4. The van der Waals surface area contributed by atoms with Crippen LogP contribution in [0.1, 0.15) is 21.5 Å². The van der Waals surface area contributed by atoms with Crippen LogP contribution in [0.2, 0.25) is 0 Å². The van der Waals surface area contributed by atoms with Gasteiger partial charge in [-0.2, -0.15) is 0 Å². The van der Waals surface area contributed by atoms with E-state index in [0.29, 0.717) is 5.56 Å². The van der Waals surface area contributed by atoms with E-state index in [0.717, 1.165) is 12.0 Å². The van der Waals surface area contributed by atoms with Crippen LogP contribution in [-0.4, -0.2) is 11.1 Å². The van der Waals surface area contributed by atoms with Gasteiger partial charge in [0.2, 0.25) is 0 Å². The molecule has 3 heteroatoms. The maximum absolute atomic E-state index is 10.9. The molecule has 0 radical (unpaired) electrons. The Morgan fingerprint density at radius 2 is 1.57 bits per heavy atom. The van der Waals surface area contributed by atoms with Crippen LogP contribution in [0, 0.1) is 0 Å². The Labute approximate surface area is 135 Å². The number of carboxylic acid groups (broad SMARTS) is 1. The summed E-state index contributed by atoms with van der Waals surface area (Å²) in [7, 11) is 0. The maximum atomic E-state index is 10.9. The number of carboxylic acids is 1. The van der Waals surface area contributed by atoms with Crippen molar-refractivity contribution < 1.29 is 9.90 Å². The third kappa shape index (κ3) is 3.40. The van der Waals surface area contributed by atoms with Crippen molar-refractivity contribution in [3.63, 3.8) is 0 Å². The molecule has 1 aliphatic carbocycles. The van der Waals surface area contributed by atoms with Crippen LogP contribution in [0.3, 0.4) is 0 Å². The summed E-state index contributed by atoms with van der Waals surface area (Å²) in [5, 5.41) is 11.9. The van der Waals surface area contributed by atoms with Gasteiger partial charge in [-0.25, -0.2) is 4.79 Å². The number of hydrogen-bond acceptors (Lipinski definition) is 2. The van der Waals surface area contributed by atoms with Gasteiger partial charge in [0.15, 0.2) is 0 Å². The highest BCUT2D eigenvalue weighted by Crippen LogP contribution is 2.36. The lowest BCUT2D eigenvalue weighted by Gasteiger charge is -2.01. The molecule has 0 saturated heterocycles. The van der Waals surface area contributed by atoms with Crippen LogP contribution in [0.4, 0.5) is 0 Å². The molecule has 3 nitrogen and oxygen atoms in total. The molecule has 0 amide bonds. The minimum absolute atomic E-state index is 0.367. The molecule has 0 saturated carbocycles. The lowest BCUT2D eigenvalue weighted by molar-refractivity contribution is 0.0697. The molecular formula is C20H17NO2. The lowest BCUT2D eigenvalue weighted by atomic mass is 10.0. The van der Waals surface area contributed by atoms with Gasteiger partial charge in [0.25, 0.3) is 0 Å². The van der Waals surface area contributed by atoms with Crippen molar-refractivity contribution in [3.05, 3.63) is 95.9 Å². The Morgan fingerprint density at radius 1 is 0.870 bits per heavy atom. The summed E-state index contributed by atoms with van der Waals surface area (Å²) < 4.78 is 0. The lowest BCUT2D eigenvalue weighted by Crippen LogP contribution is -1.96. The van der Waals surface area contributed by atoms with E-state index in [9.17, 15) is 4.79 Å². The maximum Gasteiger partial charge on any atom is 0.335 e.